The molecule has 7 heteroatoms. The van der Waals surface area contributed by atoms with Crippen LogP contribution in [0.25, 0.3) is 0 Å². The van der Waals surface area contributed by atoms with Gasteiger partial charge < -0.3 is 9.22 Å². The summed E-state index contributed by atoms with van der Waals surface area (Å²) in [7, 11) is -3.93. The van der Waals surface area contributed by atoms with Gasteiger partial charge in [0.05, 0.1) is 38.0 Å². The van der Waals surface area contributed by atoms with Crippen LogP contribution in [0.1, 0.15) is 40.5 Å². The van der Waals surface area contributed by atoms with Gasteiger partial charge in [0.25, 0.3) is 10.1 Å². The molecule has 130 valence electrons. The number of rotatable bonds is 11. The third kappa shape index (κ3) is 7.38. The zero-order valence-corrected chi connectivity index (χ0v) is 15.0. The van der Waals surface area contributed by atoms with Crippen LogP contribution in [0, 0.1) is 0 Å². The van der Waals surface area contributed by atoms with Crippen molar-refractivity contribution in [3.63, 3.8) is 0 Å². The molecular weight excluding hydrogens is 306 g/mol. The maximum absolute atomic E-state index is 11.3. The van der Waals surface area contributed by atoms with Crippen molar-refractivity contribution in [3.8, 4) is 0 Å². The van der Waals surface area contributed by atoms with Crippen molar-refractivity contribution in [1.82, 2.24) is 0 Å². The molecule has 0 fully saturated rings. The first-order valence-corrected chi connectivity index (χ1v) is 9.32. The molecule has 0 radical (unpaired) electrons. The van der Waals surface area contributed by atoms with Gasteiger partial charge in [0.1, 0.15) is 0 Å². The smallest absolute Gasteiger partial charge is 0.333 e. The Morgan fingerprint density at radius 2 is 1.86 bits per heavy atom. The Balaban J connectivity index is 4.54. The van der Waals surface area contributed by atoms with Crippen LogP contribution in [-0.4, -0.2) is 61.5 Å². The van der Waals surface area contributed by atoms with E-state index < -0.39 is 10.1 Å². The number of esters is 1. The van der Waals surface area contributed by atoms with Crippen molar-refractivity contribution in [1.29, 1.82) is 0 Å². The molecule has 0 aromatic rings. The highest BCUT2D eigenvalue weighted by Crippen LogP contribution is 2.18. The SMILES string of the molecule is C=C(C)C(=O)OCCC[N+](CC)(CC)C(C)CCS(=O)(=O)O. The van der Waals surface area contributed by atoms with Crippen LogP contribution in [0.5, 0.6) is 0 Å². The summed E-state index contributed by atoms with van der Waals surface area (Å²) in [5.74, 6) is -0.607. The van der Waals surface area contributed by atoms with Gasteiger partial charge in [-0.25, -0.2) is 4.79 Å². The molecule has 1 unspecified atom stereocenters. The van der Waals surface area contributed by atoms with E-state index in [1.54, 1.807) is 6.92 Å². The maximum atomic E-state index is 11.3. The topological polar surface area (TPSA) is 80.7 Å². The minimum atomic E-state index is -3.93. The second-order valence-electron chi connectivity index (χ2n) is 5.77. The van der Waals surface area contributed by atoms with Crippen LogP contribution in [0.15, 0.2) is 12.2 Å². The number of quaternary nitrogens is 1. The van der Waals surface area contributed by atoms with E-state index in [9.17, 15) is 13.2 Å². The molecule has 0 spiro atoms. The van der Waals surface area contributed by atoms with E-state index >= 15 is 0 Å². The lowest BCUT2D eigenvalue weighted by molar-refractivity contribution is -0.946. The summed E-state index contributed by atoms with van der Waals surface area (Å²) < 4.78 is 36.6. The lowest BCUT2D eigenvalue weighted by Gasteiger charge is -2.42. The van der Waals surface area contributed by atoms with E-state index in [1.807, 2.05) is 6.92 Å². The molecule has 0 saturated heterocycles. The van der Waals surface area contributed by atoms with E-state index in [0.717, 1.165) is 24.1 Å². The third-order valence-corrected chi connectivity index (χ3v) is 5.07. The molecule has 1 atom stereocenters. The Morgan fingerprint density at radius 1 is 1.32 bits per heavy atom. The van der Waals surface area contributed by atoms with Gasteiger partial charge in [-0.3, -0.25) is 4.55 Å². The van der Waals surface area contributed by atoms with E-state index in [1.165, 1.54) is 0 Å². The molecule has 0 aliphatic rings. The zero-order valence-electron chi connectivity index (χ0n) is 14.2. The number of nitrogens with zero attached hydrogens (tertiary/aromatic N) is 1. The molecule has 0 aromatic carbocycles. The van der Waals surface area contributed by atoms with Crippen molar-refractivity contribution in [2.24, 2.45) is 0 Å². The first-order valence-electron chi connectivity index (χ1n) is 7.71. The highest BCUT2D eigenvalue weighted by Gasteiger charge is 2.31. The summed E-state index contributed by atoms with van der Waals surface area (Å²) in [6.45, 7) is 14.1. The minimum absolute atomic E-state index is 0.105. The lowest BCUT2D eigenvalue weighted by Crippen LogP contribution is -2.55. The van der Waals surface area contributed by atoms with E-state index in [2.05, 4.69) is 20.4 Å². The summed E-state index contributed by atoms with van der Waals surface area (Å²) in [4.78, 5) is 11.3. The molecule has 0 bridgehead atoms. The fourth-order valence-electron chi connectivity index (χ4n) is 2.64. The normalized spacial score (nSPS) is 13.7. The number of hydrogen-bond donors (Lipinski definition) is 1. The number of ether oxygens (including phenoxy) is 1. The predicted octanol–water partition coefficient (Wildman–Crippen LogP) is 2.02. The van der Waals surface area contributed by atoms with Crippen molar-refractivity contribution < 1.29 is 27.0 Å². The maximum Gasteiger partial charge on any atom is 0.333 e. The van der Waals surface area contributed by atoms with E-state index in [-0.39, 0.29) is 17.8 Å². The van der Waals surface area contributed by atoms with Crippen LogP contribution < -0.4 is 0 Å². The fraction of sp³-hybridized carbons (Fsp3) is 0.800. The molecule has 0 saturated carbocycles. The van der Waals surface area contributed by atoms with Crippen molar-refractivity contribution >= 4 is 16.1 Å². The fourth-order valence-corrected chi connectivity index (χ4v) is 3.28. The van der Waals surface area contributed by atoms with Gasteiger partial charge in [-0.1, -0.05) is 6.58 Å². The van der Waals surface area contributed by atoms with Crippen LogP contribution in [-0.2, 0) is 19.6 Å². The van der Waals surface area contributed by atoms with Crippen molar-refractivity contribution in [2.75, 3.05) is 32.0 Å². The molecule has 0 rings (SSSR count). The Bertz CT molecular complexity index is 468. The Morgan fingerprint density at radius 3 is 2.27 bits per heavy atom. The average Bonchev–Trinajstić information content (AvgIpc) is 2.44. The first-order chi connectivity index (χ1) is 10.1. The number of carbonyl (C=O) groups excluding carboxylic acids is 1. The van der Waals surface area contributed by atoms with Crippen LogP contribution >= 0.6 is 0 Å². The second-order valence-corrected chi connectivity index (χ2v) is 7.34. The van der Waals surface area contributed by atoms with Crippen LogP contribution in [0.2, 0.25) is 0 Å². The van der Waals surface area contributed by atoms with Gasteiger partial charge in [-0.2, -0.15) is 8.42 Å². The molecule has 0 heterocycles. The summed E-state index contributed by atoms with van der Waals surface area (Å²) in [5, 5.41) is 0. The van der Waals surface area contributed by atoms with Crippen molar-refractivity contribution in [3.05, 3.63) is 12.2 Å². The third-order valence-electron chi connectivity index (χ3n) is 4.32. The highest BCUT2D eigenvalue weighted by molar-refractivity contribution is 7.85. The zero-order chi connectivity index (χ0) is 17.4. The monoisotopic (exact) mass is 336 g/mol. The van der Waals surface area contributed by atoms with E-state index in [0.29, 0.717) is 25.0 Å². The van der Waals surface area contributed by atoms with Crippen molar-refractivity contribution in [2.45, 2.75) is 46.6 Å². The molecule has 22 heavy (non-hydrogen) atoms. The minimum Gasteiger partial charge on any atom is -0.462 e. The Labute approximate surface area is 134 Å². The van der Waals surface area contributed by atoms with Gasteiger partial charge in [0, 0.05) is 18.4 Å². The quantitative estimate of drug-likeness (QED) is 0.205. The highest BCUT2D eigenvalue weighted by atomic mass is 32.2. The van der Waals surface area contributed by atoms with Gasteiger partial charge >= 0.3 is 5.97 Å². The standard InChI is InChI=1S/C15H29NO5S/c1-6-16(7-2,14(5)9-12-22(18,19)20)10-8-11-21-15(17)13(3)4/h14H,3,6-12H2,1-2,4-5H3/p+1. The summed E-state index contributed by atoms with van der Waals surface area (Å²) >= 11 is 0. The average molecular weight is 336 g/mol. The molecule has 0 aliphatic carbocycles. The summed E-state index contributed by atoms with van der Waals surface area (Å²) in [6, 6.07) is 0.105. The van der Waals surface area contributed by atoms with Gasteiger partial charge in [0.2, 0.25) is 0 Å². The molecule has 0 aliphatic heterocycles. The molecule has 0 aromatic heterocycles. The van der Waals surface area contributed by atoms with E-state index in [4.69, 9.17) is 9.29 Å². The summed E-state index contributed by atoms with van der Waals surface area (Å²) in [6.07, 6.45) is 1.11. The van der Waals surface area contributed by atoms with Crippen LogP contribution in [0.3, 0.4) is 0 Å². The number of carbonyl (C=O) groups is 1. The van der Waals surface area contributed by atoms with Crippen LogP contribution in [0.4, 0.5) is 0 Å². The Kier molecular flexibility index (Phi) is 8.88. The van der Waals surface area contributed by atoms with Gasteiger partial charge in [0.15, 0.2) is 0 Å². The van der Waals surface area contributed by atoms with Gasteiger partial charge in [-0.05, 0) is 27.7 Å². The Hall–Kier alpha value is -0.920. The number of hydrogen-bond acceptors (Lipinski definition) is 4. The largest absolute Gasteiger partial charge is 0.462 e. The lowest BCUT2D eigenvalue weighted by atomic mass is 10.1. The first kappa shape index (κ1) is 21.1. The molecular formula is C15H30NO5S+. The molecule has 0 amide bonds. The molecule has 1 N–H and O–H groups in total. The second kappa shape index (κ2) is 9.27. The summed E-state index contributed by atoms with van der Waals surface area (Å²) in [5.41, 5.74) is 0.383. The predicted molar refractivity (Wildman–Crippen MR) is 87.1 cm³/mol. The molecule has 6 nitrogen and oxygen atoms in total. The van der Waals surface area contributed by atoms with Gasteiger partial charge in [-0.15, -0.1) is 0 Å².